The number of rotatable bonds is 5. The van der Waals surface area contributed by atoms with Gasteiger partial charge in [0.1, 0.15) is 5.82 Å². The van der Waals surface area contributed by atoms with E-state index >= 15 is 0 Å². The Balaban J connectivity index is 1.44. The summed E-state index contributed by atoms with van der Waals surface area (Å²) in [6.45, 7) is 1.44. The van der Waals surface area contributed by atoms with Gasteiger partial charge < -0.3 is 4.74 Å². The van der Waals surface area contributed by atoms with E-state index in [1.54, 1.807) is 22.9 Å². The molecule has 0 aliphatic heterocycles. The molecule has 2 aromatic carbocycles. The van der Waals surface area contributed by atoms with Crippen LogP contribution in [0, 0.1) is 11.6 Å². The summed E-state index contributed by atoms with van der Waals surface area (Å²) in [7, 11) is 0. The van der Waals surface area contributed by atoms with Crippen molar-refractivity contribution in [3.8, 4) is 11.4 Å². The van der Waals surface area contributed by atoms with E-state index in [1.165, 1.54) is 37.3 Å². The van der Waals surface area contributed by atoms with Gasteiger partial charge >= 0.3 is 0 Å². The lowest BCUT2D eigenvalue weighted by molar-refractivity contribution is -0.128. The molecule has 160 valence electrons. The van der Waals surface area contributed by atoms with Crippen molar-refractivity contribution in [3.63, 3.8) is 0 Å². The third kappa shape index (κ3) is 4.25. The Morgan fingerprint density at radius 2 is 1.81 bits per heavy atom. The van der Waals surface area contributed by atoms with Crippen LogP contribution in [0.25, 0.3) is 5.69 Å². The maximum Gasteiger partial charge on any atom is 0.290 e. The summed E-state index contributed by atoms with van der Waals surface area (Å²) >= 11 is 0. The second-order valence-corrected chi connectivity index (χ2v) is 7.15. The molecular formula is C22H20F2N4O3. The van der Waals surface area contributed by atoms with Crippen LogP contribution in [0.2, 0.25) is 0 Å². The number of carbonyl (C=O) groups excluding carboxylic acids is 2. The van der Waals surface area contributed by atoms with Gasteiger partial charge in [-0.05, 0) is 62.6 Å². The molecule has 2 N–H and O–H groups in total. The number of halogens is 2. The number of hydrogen-bond acceptors (Lipinski definition) is 4. The number of para-hydroxylation sites is 1. The Kier molecular flexibility index (Phi) is 5.66. The van der Waals surface area contributed by atoms with Crippen LogP contribution >= 0.6 is 0 Å². The minimum Gasteiger partial charge on any atom is -0.478 e. The number of nitrogens with one attached hydrogen (secondary N) is 2. The largest absolute Gasteiger partial charge is 0.478 e. The van der Waals surface area contributed by atoms with Gasteiger partial charge in [-0.1, -0.05) is 12.1 Å². The zero-order chi connectivity index (χ0) is 22.0. The Bertz CT molecular complexity index is 1130. The molecule has 0 bridgehead atoms. The minimum absolute atomic E-state index is 0.0627. The first kappa shape index (κ1) is 20.5. The van der Waals surface area contributed by atoms with Gasteiger partial charge in [-0.25, -0.2) is 13.5 Å². The molecule has 2 amide bonds. The van der Waals surface area contributed by atoms with E-state index < -0.39 is 23.7 Å². The third-order valence-corrected chi connectivity index (χ3v) is 5.03. The van der Waals surface area contributed by atoms with Crippen LogP contribution in [-0.4, -0.2) is 27.7 Å². The van der Waals surface area contributed by atoms with Crippen molar-refractivity contribution in [2.45, 2.75) is 32.3 Å². The van der Waals surface area contributed by atoms with Crippen molar-refractivity contribution < 1.29 is 23.1 Å². The van der Waals surface area contributed by atoms with Crippen molar-refractivity contribution in [1.82, 2.24) is 20.6 Å². The van der Waals surface area contributed by atoms with Crippen molar-refractivity contribution >= 4 is 11.8 Å². The normalized spacial score (nSPS) is 13.4. The number of amides is 2. The lowest BCUT2D eigenvalue weighted by atomic mass is 10.2. The van der Waals surface area contributed by atoms with Gasteiger partial charge in [-0.2, -0.15) is 5.10 Å². The van der Waals surface area contributed by atoms with E-state index in [0.717, 1.165) is 24.1 Å². The number of hydrogen-bond donors (Lipinski definition) is 2. The molecule has 3 aromatic rings. The Labute approximate surface area is 177 Å². The SMILES string of the molecule is CC(Oc1ccccc1F)C(=O)NNC(=O)c1nn(-c2ccc(F)cc2)c2c1CCC2. The molecule has 0 saturated carbocycles. The highest BCUT2D eigenvalue weighted by molar-refractivity contribution is 5.95. The second-order valence-electron chi connectivity index (χ2n) is 7.15. The molecule has 1 aliphatic carbocycles. The molecule has 0 fully saturated rings. The summed E-state index contributed by atoms with van der Waals surface area (Å²) in [4.78, 5) is 24.9. The van der Waals surface area contributed by atoms with Crippen LogP contribution in [0.3, 0.4) is 0 Å². The second kappa shape index (κ2) is 8.55. The Morgan fingerprint density at radius 1 is 1.06 bits per heavy atom. The monoisotopic (exact) mass is 426 g/mol. The summed E-state index contributed by atoms with van der Waals surface area (Å²) in [5.74, 6) is -2.24. The molecule has 1 unspecified atom stereocenters. The van der Waals surface area contributed by atoms with E-state index in [9.17, 15) is 18.4 Å². The number of aromatic nitrogens is 2. The number of fused-ring (bicyclic) bond motifs is 1. The van der Waals surface area contributed by atoms with E-state index in [2.05, 4.69) is 16.0 Å². The van der Waals surface area contributed by atoms with Crippen LogP contribution in [0.4, 0.5) is 8.78 Å². The zero-order valence-corrected chi connectivity index (χ0v) is 16.7. The van der Waals surface area contributed by atoms with Gasteiger partial charge in [0.15, 0.2) is 23.4 Å². The van der Waals surface area contributed by atoms with Crippen LogP contribution in [-0.2, 0) is 17.6 Å². The first-order chi connectivity index (χ1) is 14.9. The third-order valence-electron chi connectivity index (χ3n) is 5.03. The van der Waals surface area contributed by atoms with Crippen LogP contribution in [0.1, 0.15) is 35.1 Å². The quantitative estimate of drug-likeness (QED) is 0.615. The van der Waals surface area contributed by atoms with Crippen molar-refractivity contribution in [3.05, 3.63) is 77.1 Å². The van der Waals surface area contributed by atoms with E-state index in [4.69, 9.17) is 4.74 Å². The summed E-state index contributed by atoms with van der Waals surface area (Å²) in [6.07, 6.45) is 1.25. The molecule has 9 heteroatoms. The summed E-state index contributed by atoms with van der Waals surface area (Å²) in [5.41, 5.74) is 7.15. The highest BCUT2D eigenvalue weighted by Crippen LogP contribution is 2.27. The van der Waals surface area contributed by atoms with E-state index in [0.29, 0.717) is 12.1 Å². The highest BCUT2D eigenvalue weighted by Gasteiger charge is 2.27. The summed E-state index contributed by atoms with van der Waals surface area (Å²) < 4.78 is 33.9. The lowest BCUT2D eigenvalue weighted by Crippen LogP contribution is -2.47. The molecule has 0 saturated heterocycles. The predicted molar refractivity (Wildman–Crippen MR) is 108 cm³/mol. The Hall–Kier alpha value is -3.75. The summed E-state index contributed by atoms with van der Waals surface area (Å²) in [5, 5.41) is 4.38. The zero-order valence-electron chi connectivity index (χ0n) is 16.7. The molecule has 7 nitrogen and oxygen atoms in total. The van der Waals surface area contributed by atoms with Crippen LogP contribution in [0.5, 0.6) is 5.75 Å². The molecule has 1 aliphatic rings. The predicted octanol–water partition coefficient (Wildman–Crippen LogP) is 2.87. The fourth-order valence-corrected chi connectivity index (χ4v) is 3.48. The van der Waals surface area contributed by atoms with E-state index in [1.807, 2.05) is 0 Å². The molecule has 1 aromatic heterocycles. The van der Waals surface area contributed by atoms with Gasteiger partial charge in [0.2, 0.25) is 0 Å². The molecule has 1 heterocycles. The first-order valence-electron chi connectivity index (χ1n) is 9.82. The molecule has 1 atom stereocenters. The maximum absolute atomic E-state index is 13.7. The van der Waals surface area contributed by atoms with Crippen molar-refractivity contribution in [2.75, 3.05) is 0 Å². The number of carbonyl (C=O) groups is 2. The molecule has 31 heavy (non-hydrogen) atoms. The topological polar surface area (TPSA) is 85.2 Å². The molecule has 0 radical (unpaired) electrons. The molecule has 4 rings (SSSR count). The Morgan fingerprint density at radius 3 is 2.55 bits per heavy atom. The van der Waals surface area contributed by atoms with Gasteiger partial charge in [-0.15, -0.1) is 0 Å². The standard InChI is InChI=1S/C22H20F2N4O3/c1-13(31-19-8-3-2-6-17(19)24)21(29)25-26-22(30)20-16-5-4-7-18(16)28(27-20)15-11-9-14(23)10-12-15/h2-3,6,8-13H,4-5,7H2,1H3,(H,25,29)(H,26,30). The number of hydrazine groups is 1. The maximum atomic E-state index is 13.7. The average molecular weight is 426 g/mol. The first-order valence-corrected chi connectivity index (χ1v) is 9.82. The fourth-order valence-electron chi connectivity index (χ4n) is 3.48. The number of nitrogens with zero attached hydrogens (tertiary/aromatic N) is 2. The fraction of sp³-hybridized carbons (Fsp3) is 0.227. The number of benzene rings is 2. The smallest absolute Gasteiger partial charge is 0.290 e. The number of ether oxygens (including phenoxy) is 1. The van der Waals surface area contributed by atoms with Crippen molar-refractivity contribution in [1.29, 1.82) is 0 Å². The van der Waals surface area contributed by atoms with Gasteiger partial charge in [0.25, 0.3) is 11.8 Å². The van der Waals surface area contributed by atoms with Gasteiger partial charge in [0.05, 0.1) is 5.69 Å². The van der Waals surface area contributed by atoms with Crippen molar-refractivity contribution in [2.24, 2.45) is 0 Å². The van der Waals surface area contributed by atoms with Crippen LogP contribution in [0.15, 0.2) is 48.5 Å². The van der Waals surface area contributed by atoms with E-state index in [-0.39, 0.29) is 17.3 Å². The molecular weight excluding hydrogens is 406 g/mol. The van der Waals surface area contributed by atoms with Crippen LogP contribution < -0.4 is 15.6 Å². The van der Waals surface area contributed by atoms with Gasteiger partial charge in [-0.3, -0.25) is 20.4 Å². The summed E-state index contributed by atoms with van der Waals surface area (Å²) in [6, 6.07) is 11.6. The lowest BCUT2D eigenvalue weighted by Gasteiger charge is -2.15. The van der Waals surface area contributed by atoms with Gasteiger partial charge in [0, 0.05) is 11.3 Å². The molecule has 0 spiro atoms. The minimum atomic E-state index is -1.04. The average Bonchev–Trinajstić information content (AvgIpc) is 3.37. The highest BCUT2D eigenvalue weighted by atomic mass is 19.1.